The van der Waals surface area contributed by atoms with Crippen LogP contribution in [-0.4, -0.2) is 48.7 Å². The molecule has 0 unspecified atom stereocenters. The van der Waals surface area contributed by atoms with Crippen molar-refractivity contribution in [2.24, 2.45) is 0 Å². The second kappa shape index (κ2) is 10.6. The van der Waals surface area contributed by atoms with Crippen molar-refractivity contribution in [3.05, 3.63) is 74.8 Å². The number of ether oxygens (including phenoxy) is 1. The van der Waals surface area contributed by atoms with Gasteiger partial charge in [-0.1, -0.05) is 22.9 Å². The summed E-state index contributed by atoms with van der Waals surface area (Å²) in [6.45, 7) is 3.55. The van der Waals surface area contributed by atoms with E-state index in [1.807, 2.05) is 0 Å². The van der Waals surface area contributed by atoms with E-state index in [1.54, 1.807) is 19.1 Å². The number of hydrogen-bond acceptors (Lipinski definition) is 9. The largest absolute Gasteiger partial charge is 0.494 e. The van der Waals surface area contributed by atoms with Gasteiger partial charge in [-0.15, -0.1) is 0 Å². The number of methoxy groups -OCH3 is 1. The number of aryl methyl sites for hydroxylation is 2. The molecule has 1 aliphatic heterocycles. The van der Waals surface area contributed by atoms with Crippen molar-refractivity contribution >= 4 is 39.9 Å². The van der Waals surface area contributed by atoms with E-state index in [4.69, 9.17) is 16.3 Å². The quantitative estimate of drug-likeness (QED) is 0.320. The summed E-state index contributed by atoms with van der Waals surface area (Å²) in [4.78, 5) is 48.8. The fourth-order valence-corrected chi connectivity index (χ4v) is 5.23. The topological polar surface area (TPSA) is 123 Å². The van der Waals surface area contributed by atoms with Crippen molar-refractivity contribution in [1.82, 2.24) is 29.8 Å². The lowest BCUT2D eigenvalue weighted by atomic mass is 10.0. The summed E-state index contributed by atoms with van der Waals surface area (Å²) in [5.41, 5.74) is 2.10. The van der Waals surface area contributed by atoms with Gasteiger partial charge < -0.3 is 9.64 Å². The van der Waals surface area contributed by atoms with Crippen LogP contribution in [0, 0.1) is 13.8 Å². The first-order valence-corrected chi connectivity index (χ1v) is 12.7. The van der Waals surface area contributed by atoms with Crippen LogP contribution >= 0.6 is 22.9 Å². The van der Waals surface area contributed by atoms with E-state index in [9.17, 15) is 18.4 Å². The number of nitrogens with zero attached hydrogens (tertiary/aromatic N) is 6. The molecule has 14 heteroatoms. The van der Waals surface area contributed by atoms with E-state index < -0.39 is 23.9 Å². The molecule has 200 valence electrons. The molecule has 0 fully saturated rings. The van der Waals surface area contributed by atoms with Gasteiger partial charge in [-0.3, -0.25) is 24.9 Å². The Morgan fingerprint density at radius 2 is 1.87 bits per heavy atom. The van der Waals surface area contributed by atoms with Crippen molar-refractivity contribution in [3.63, 3.8) is 0 Å². The number of alkyl halides is 2. The first-order valence-electron chi connectivity index (χ1n) is 11.5. The standard InChI is InChI=1S/C25H20ClF2N7O3S/c1-11-4-13(14-5-20(26)31-8-18(14)38-3)15(6-29-11)23(36)34-25-33-17-9-35(10-19(17)39-25)24(37)16-7-30-12(2)21(32-16)22(27)28/h4-8,22H,9-10H2,1-3H3,(H,33,34,36). The van der Waals surface area contributed by atoms with Crippen molar-refractivity contribution in [1.29, 1.82) is 0 Å². The molecule has 2 amide bonds. The smallest absolute Gasteiger partial charge is 0.282 e. The summed E-state index contributed by atoms with van der Waals surface area (Å²) in [5, 5.41) is 3.39. The van der Waals surface area contributed by atoms with Crippen molar-refractivity contribution in [2.45, 2.75) is 33.4 Å². The molecule has 0 saturated carbocycles. The monoisotopic (exact) mass is 571 g/mol. The Kier molecular flexibility index (Phi) is 7.19. The molecule has 5 rings (SSSR count). The maximum absolute atomic E-state index is 13.3. The highest BCUT2D eigenvalue weighted by atomic mass is 35.5. The number of carbonyl (C=O) groups excluding carboxylic acids is 2. The Morgan fingerprint density at radius 3 is 2.59 bits per heavy atom. The van der Waals surface area contributed by atoms with E-state index in [0.29, 0.717) is 33.4 Å². The molecule has 10 nitrogen and oxygen atoms in total. The molecule has 4 aromatic rings. The molecule has 0 atom stereocenters. The van der Waals surface area contributed by atoms with Gasteiger partial charge in [0, 0.05) is 23.0 Å². The molecule has 0 aliphatic carbocycles. The maximum Gasteiger partial charge on any atom is 0.282 e. The average molecular weight is 572 g/mol. The zero-order chi connectivity index (χ0) is 27.8. The second-order valence-corrected chi connectivity index (χ2v) is 10.1. The van der Waals surface area contributed by atoms with Gasteiger partial charge in [-0.2, -0.15) is 0 Å². The normalized spacial score (nSPS) is 12.5. The van der Waals surface area contributed by atoms with Crippen molar-refractivity contribution < 1.29 is 23.1 Å². The van der Waals surface area contributed by atoms with Crippen LogP contribution in [0.1, 0.15) is 54.9 Å². The summed E-state index contributed by atoms with van der Waals surface area (Å²) in [7, 11) is 1.50. The van der Waals surface area contributed by atoms with E-state index in [0.717, 1.165) is 4.88 Å². The predicted octanol–water partition coefficient (Wildman–Crippen LogP) is 5.01. The molecule has 0 spiro atoms. The number of hydrogen-bond donors (Lipinski definition) is 1. The molecule has 1 N–H and O–H groups in total. The molecule has 39 heavy (non-hydrogen) atoms. The summed E-state index contributed by atoms with van der Waals surface area (Å²) in [6.07, 6.45) is 1.29. The van der Waals surface area contributed by atoms with E-state index >= 15 is 0 Å². The van der Waals surface area contributed by atoms with Crippen LogP contribution in [0.4, 0.5) is 13.9 Å². The molecule has 0 radical (unpaired) electrons. The predicted molar refractivity (Wildman–Crippen MR) is 139 cm³/mol. The zero-order valence-electron chi connectivity index (χ0n) is 20.8. The molecule has 5 heterocycles. The summed E-state index contributed by atoms with van der Waals surface area (Å²) in [5.74, 6) is -0.529. The fourth-order valence-electron chi connectivity index (χ4n) is 4.09. The molecule has 0 saturated heterocycles. The number of nitrogens with one attached hydrogen (secondary N) is 1. The average Bonchev–Trinajstić information content (AvgIpc) is 3.47. The highest BCUT2D eigenvalue weighted by Crippen LogP contribution is 2.35. The summed E-state index contributed by atoms with van der Waals surface area (Å²) in [6, 6.07) is 3.36. The lowest BCUT2D eigenvalue weighted by molar-refractivity contribution is 0.0742. The second-order valence-electron chi connectivity index (χ2n) is 8.61. The Bertz CT molecular complexity index is 1590. The van der Waals surface area contributed by atoms with Gasteiger partial charge in [-0.05, 0) is 26.0 Å². The molecule has 1 aliphatic rings. The summed E-state index contributed by atoms with van der Waals surface area (Å²) < 4.78 is 31.8. The lowest BCUT2D eigenvalue weighted by Gasteiger charge is -2.15. The number of fused-ring (bicyclic) bond motifs is 1. The lowest BCUT2D eigenvalue weighted by Crippen LogP contribution is -2.27. The van der Waals surface area contributed by atoms with Crippen molar-refractivity contribution in [2.75, 3.05) is 12.4 Å². The number of halogens is 3. The Balaban J connectivity index is 1.34. The first kappa shape index (κ1) is 26.5. The van der Waals surface area contributed by atoms with Crippen LogP contribution in [0.15, 0.2) is 30.7 Å². The number of amides is 2. The van der Waals surface area contributed by atoms with Crippen LogP contribution in [0.5, 0.6) is 5.75 Å². The Morgan fingerprint density at radius 1 is 1.08 bits per heavy atom. The fraction of sp³-hybridized carbons (Fsp3) is 0.240. The van der Waals surface area contributed by atoms with Gasteiger partial charge in [0.05, 0.1) is 54.4 Å². The molecule has 0 bridgehead atoms. The van der Waals surface area contributed by atoms with E-state index in [1.165, 1.54) is 48.9 Å². The third kappa shape index (κ3) is 5.27. The number of anilines is 1. The molecular weight excluding hydrogens is 552 g/mol. The summed E-state index contributed by atoms with van der Waals surface area (Å²) >= 11 is 7.33. The van der Waals surface area contributed by atoms with Gasteiger partial charge in [0.2, 0.25) is 0 Å². The van der Waals surface area contributed by atoms with Crippen LogP contribution in [0.3, 0.4) is 0 Å². The molecular formula is C25H20ClF2N7O3S. The maximum atomic E-state index is 13.3. The molecule has 0 aromatic carbocycles. The van der Waals surface area contributed by atoms with Crippen LogP contribution in [-0.2, 0) is 13.1 Å². The Labute approximate surface area is 230 Å². The van der Waals surface area contributed by atoms with Gasteiger partial charge in [0.25, 0.3) is 18.2 Å². The highest BCUT2D eigenvalue weighted by Gasteiger charge is 2.30. The number of pyridine rings is 2. The molecule has 4 aromatic heterocycles. The van der Waals surface area contributed by atoms with Gasteiger partial charge in [-0.25, -0.2) is 23.7 Å². The number of carbonyl (C=O) groups is 2. The zero-order valence-corrected chi connectivity index (χ0v) is 22.4. The van der Waals surface area contributed by atoms with Crippen LogP contribution in [0.25, 0.3) is 11.1 Å². The van der Waals surface area contributed by atoms with Crippen LogP contribution in [0.2, 0.25) is 5.15 Å². The van der Waals surface area contributed by atoms with Gasteiger partial charge in [0.1, 0.15) is 22.3 Å². The highest BCUT2D eigenvalue weighted by molar-refractivity contribution is 7.16. The SMILES string of the molecule is COc1cnc(Cl)cc1-c1cc(C)ncc1C(=O)Nc1nc2c(s1)CN(C(=O)c1cnc(C)c(C(F)F)n1)C2. The number of rotatable bonds is 6. The minimum absolute atomic E-state index is 0.0709. The third-order valence-electron chi connectivity index (χ3n) is 6.01. The minimum atomic E-state index is -2.83. The van der Waals surface area contributed by atoms with Gasteiger partial charge in [0.15, 0.2) is 5.13 Å². The minimum Gasteiger partial charge on any atom is -0.494 e. The third-order valence-corrected chi connectivity index (χ3v) is 7.21. The number of aromatic nitrogens is 5. The first-order chi connectivity index (χ1) is 18.6. The Hall–Kier alpha value is -4.10. The van der Waals surface area contributed by atoms with E-state index in [2.05, 4.69) is 30.2 Å². The van der Waals surface area contributed by atoms with E-state index in [-0.39, 0.29) is 35.2 Å². The number of thiazole rings is 1. The van der Waals surface area contributed by atoms with Gasteiger partial charge >= 0.3 is 0 Å². The van der Waals surface area contributed by atoms with Crippen molar-refractivity contribution in [3.8, 4) is 16.9 Å². The van der Waals surface area contributed by atoms with Crippen LogP contribution < -0.4 is 10.1 Å².